The molecule has 0 unspecified atom stereocenters. The van der Waals surface area contributed by atoms with Gasteiger partial charge < -0.3 is 18.9 Å². The highest BCUT2D eigenvalue weighted by Crippen LogP contribution is 2.39. The molecule has 1 fully saturated rings. The summed E-state index contributed by atoms with van der Waals surface area (Å²) in [5, 5.41) is 2.65. The average molecular weight is 692 g/mol. The molecule has 0 aromatic heterocycles. The van der Waals surface area contributed by atoms with Gasteiger partial charge in [-0.1, -0.05) is 48.0 Å². The van der Waals surface area contributed by atoms with E-state index in [0.29, 0.717) is 51.3 Å². The second kappa shape index (κ2) is 14.3. The largest absolute Gasteiger partial charge is 0.493 e. The summed E-state index contributed by atoms with van der Waals surface area (Å²) in [6.45, 7) is 2.97. The van der Waals surface area contributed by atoms with Crippen LogP contribution < -0.4 is 29.2 Å². The third-order valence-corrected chi connectivity index (χ3v) is 7.52. The Morgan fingerprint density at radius 3 is 2.27 bits per heavy atom. The van der Waals surface area contributed by atoms with Crippen LogP contribution in [-0.2, 0) is 22.8 Å². The van der Waals surface area contributed by atoms with Gasteiger partial charge in [-0.05, 0) is 94.2 Å². The topological polar surface area (TPSA) is 103 Å². The van der Waals surface area contributed by atoms with Crippen molar-refractivity contribution < 1.29 is 33.3 Å². The molecule has 0 atom stereocenters. The Kier molecular flexibility index (Phi) is 10.1. The zero-order chi connectivity index (χ0) is 31.9. The lowest BCUT2D eigenvalue weighted by atomic mass is 10.1. The first-order valence-electron chi connectivity index (χ1n) is 13.9. The number of urea groups is 1. The van der Waals surface area contributed by atoms with Crippen LogP contribution in [0.15, 0.2) is 95.0 Å². The van der Waals surface area contributed by atoms with Crippen molar-refractivity contribution in [3.05, 3.63) is 117 Å². The van der Waals surface area contributed by atoms with Crippen molar-refractivity contribution in [1.29, 1.82) is 0 Å². The van der Waals surface area contributed by atoms with Gasteiger partial charge >= 0.3 is 6.03 Å². The molecule has 4 aromatic carbocycles. The minimum absolute atomic E-state index is 0.188. The van der Waals surface area contributed by atoms with E-state index in [4.69, 9.17) is 30.5 Å². The number of anilines is 1. The molecule has 0 bridgehead atoms. The van der Waals surface area contributed by atoms with Gasteiger partial charge in [0.2, 0.25) is 0 Å². The molecule has 45 heavy (non-hydrogen) atoms. The fraction of sp³-hybridized carbons (Fsp3) is 0.147. The molecule has 1 N–H and O–H groups in total. The SMILES string of the molecule is CCOc1cc(COc2c(Br)cc(/C=C3/C(=O)NC(=O)N(c4ccc(Cl)cc4)C3=O)cc2OC)ccc1OCc1ccccc1. The number of carbonyl (C=O) groups is 3. The van der Waals surface area contributed by atoms with E-state index >= 15 is 0 Å². The van der Waals surface area contributed by atoms with Gasteiger partial charge in [0.05, 0.1) is 23.9 Å². The molecule has 4 amide bonds. The highest BCUT2D eigenvalue weighted by atomic mass is 79.9. The maximum Gasteiger partial charge on any atom is 0.335 e. The number of nitrogens with zero attached hydrogens (tertiary/aromatic N) is 1. The molecule has 4 aromatic rings. The first-order chi connectivity index (χ1) is 21.8. The van der Waals surface area contributed by atoms with Crippen LogP contribution in [0.1, 0.15) is 23.6 Å². The lowest BCUT2D eigenvalue weighted by Crippen LogP contribution is -2.54. The number of amides is 4. The number of rotatable bonds is 11. The van der Waals surface area contributed by atoms with Crippen molar-refractivity contribution in [2.75, 3.05) is 18.6 Å². The average Bonchev–Trinajstić information content (AvgIpc) is 3.03. The lowest BCUT2D eigenvalue weighted by Gasteiger charge is -2.26. The number of nitrogens with one attached hydrogen (secondary N) is 1. The van der Waals surface area contributed by atoms with Crippen LogP contribution in [0.25, 0.3) is 6.08 Å². The minimum Gasteiger partial charge on any atom is -0.493 e. The molecule has 11 heteroatoms. The van der Waals surface area contributed by atoms with E-state index in [1.165, 1.54) is 25.3 Å². The van der Waals surface area contributed by atoms with Gasteiger partial charge in [0.1, 0.15) is 18.8 Å². The molecule has 5 rings (SSSR count). The van der Waals surface area contributed by atoms with Crippen LogP contribution in [0.4, 0.5) is 10.5 Å². The molecule has 1 saturated heterocycles. The molecular formula is C34H28BrClN2O7. The van der Waals surface area contributed by atoms with Crippen molar-refractivity contribution in [1.82, 2.24) is 5.32 Å². The summed E-state index contributed by atoms with van der Waals surface area (Å²) in [5.41, 5.74) is 2.39. The molecule has 0 spiro atoms. The van der Waals surface area contributed by atoms with E-state index in [-0.39, 0.29) is 17.9 Å². The van der Waals surface area contributed by atoms with E-state index in [9.17, 15) is 14.4 Å². The number of hydrogen-bond acceptors (Lipinski definition) is 7. The van der Waals surface area contributed by atoms with Gasteiger partial charge in [0.25, 0.3) is 11.8 Å². The standard InChI is InChI=1S/C34H28BrClN2O7/c1-3-43-29-17-22(9-14-28(29)44-19-21-7-5-4-6-8-21)20-45-31-27(35)16-23(18-30(31)42-2)15-26-32(39)37-34(41)38(33(26)40)25-12-10-24(36)11-13-25/h4-18H,3,19-20H2,1-2H3,(H,37,39,41)/b26-15-. The molecule has 9 nitrogen and oxygen atoms in total. The van der Waals surface area contributed by atoms with Crippen molar-refractivity contribution in [3.8, 4) is 23.0 Å². The highest BCUT2D eigenvalue weighted by molar-refractivity contribution is 9.10. The van der Waals surface area contributed by atoms with Crippen molar-refractivity contribution in [2.45, 2.75) is 20.1 Å². The molecule has 0 radical (unpaired) electrons. The van der Waals surface area contributed by atoms with Crippen LogP contribution in [0.5, 0.6) is 23.0 Å². The summed E-state index contributed by atoms with van der Waals surface area (Å²) in [6.07, 6.45) is 1.38. The molecule has 1 heterocycles. The summed E-state index contributed by atoms with van der Waals surface area (Å²) in [5.74, 6) is 0.412. The Bertz CT molecular complexity index is 1760. The summed E-state index contributed by atoms with van der Waals surface area (Å²) < 4.78 is 24.1. The Balaban J connectivity index is 1.34. The Morgan fingerprint density at radius 1 is 0.822 bits per heavy atom. The molecule has 0 saturated carbocycles. The van der Waals surface area contributed by atoms with Gasteiger partial charge in [-0.3, -0.25) is 14.9 Å². The summed E-state index contributed by atoms with van der Waals surface area (Å²) in [6, 6.07) is 24.0. The first-order valence-corrected chi connectivity index (χ1v) is 15.0. The molecule has 1 aliphatic heterocycles. The smallest absolute Gasteiger partial charge is 0.335 e. The van der Waals surface area contributed by atoms with E-state index < -0.39 is 17.8 Å². The van der Waals surface area contributed by atoms with Crippen LogP contribution in [0, 0.1) is 0 Å². The number of halogens is 2. The summed E-state index contributed by atoms with van der Waals surface area (Å²) in [7, 11) is 1.48. The molecule has 1 aliphatic rings. The molecular weight excluding hydrogens is 664 g/mol. The summed E-state index contributed by atoms with van der Waals surface area (Å²) in [4.78, 5) is 39.3. The highest BCUT2D eigenvalue weighted by Gasteiger charge is 2.36. The van der Waals surface area contributed by atoms with Crippen LogP contribution in [-0.4, -0.2) is 31.6 Å². The maximum atomic E-state index is 13.3. The number of benzene rings is 4. The second-order valence-electron chi connectivity index (χ2n) is 9.75. The zero-order valence-electron chi connectivity index (χ0n) is 24.3. The number of methoxy groups -OCH3 is 1. The van der Waals surface area contributed by atoms with Crippen LogP contribution >= 0.6 is 27.5 Å². The third kappa shape index (κ3) is 7.47. The predicted octanol–water partition coefficient (Wildman–Crippen LogP) is 7.33. The van der Waals surface area contributed by atoms with Gasteiger partial charge in [-0.15, -0.1) is 0 Å². The Hall–Kier alpha value is -4.80. The number of hydrogen-bond donors (Lipinski definition) is 1. The van der Waals surface area contributed by atoms with E-state index in [0.717, 1.165) is 16.0 Å². The second-order valence-corrected chi connectivity index (χ2v) is 11.0. The number of barbiturate groups is 1. The third-order valence-electron chi connectivity index (χ3n) is 6.68. The Morgan fingerprint density at radius 2 is 1.56 bits per heavy atom. The van der Waals surface area contributed by atoms with Gasteiger partial charge in [0, 0.05) is 5.02 Å². The van der Waals surface area contributed by atoms with E-state index in [1.54, 1.807) is 24.3 Å². The predicted molar refractivity (Wildman–Crippen MR) is 174 cm³/mol. The van der Waals surface area contributed by atoms with Crippen LogP contribution in [0.2, 0.25) is 5.02 Å². The van der Waals surface area contributed by atoms with Crippen molar-refractivity contribution in [3.63, 3.8) is 0 Å². The number of ether oxygens (including phenoxy) is 4. The van der Waals surface area contributed by atoms with E-state index in [2.05, 4.69) is 21.2 Å². The normalized spacial score (nSPS) is 13.9. The zero-order valence-corrected chi connectivity index (χ0v) is 26.7. The monoisotopic (exact) mass is 690 g/mol. The van der Waals surface area contributed by atoms with E-state index in [1.807, 2.05) is 55.5 Å². The first kappa shape index (κ1) is 31.6. The maximum absolute atomic E-state index is 13.3. The molecule has 0 aliphatic carbocycles. The van der Waals surface area contributed by atoms with Crippen molar-refractivity contribution in [2.24, 2.45) is 0 Å². The Labute approximate surface area is 273 Å². The van der Waals surface area contributed by atoms with Gasteiger partial charge in [-0.2, -0.15) is 0 Å². The lowest BCUT2D eigenvalue weighted by molar-refractivity contribution is -0.122. The van der Waals surface area contributed by atoms with Gasteiger partial charge in [0.15, 0.2) is 23.0 Å². The van der Waals surface area contributed by atoms with Gasteiger partial charge in [-0.25, -0.2) is 9.69 Å². The summed E-state index contributed by atoms with van der Waals surface area (Å²) >= 11 is 9.47. The van der Waals surface area contributed by atoms with Crippen molar-refractivity contribution >= 4 is 57.1 Å². The fourth-order valence-electron chi connectivity index (χ4n) is 4.53. The number of carbonyl (C=O) groups excluding carboxylic acids is 3. The minimum atomic E-state index is -0.852. The molecule has 230 valence electrons. The fourth-order valence-corrected chi connectivity index (χ4v) is 5.23. The van der Waals surface area contributed by atoms with Crippen LogP contribution in [0.3, 0.4) is 0 Å². The number of imide groups is 2. The quantitative estimate of drug-likeness (QED) is 0.130.